The van der Waals surface area contributed by atoms with E-state index in [1.165, 1.54) is 36.7 Å². The molecular formula is C18H13F4N3O3S. The third kappa shape index (κ3) is 5.72. The first-order valence-electron chi connectivity index (χ1n) is 8.05. The molecular weight excluding hydrogens is 414 g/mol. The average Bonchev–Trinajstić information content (AvgIpc) is 2.66. The van der Waals surface area contributed by atoms with Crippen LogP contribution >= 0.6 is 0 Å². The monoisotopic (exact) mass is 427 g/mol. The maximum absolute atomic E-state index is 13.0. The number of hydrogen-bond acceptors (Lipinski definition) is 5. The zero-order valence-electron chi connectivity index (χ0n) is 14.5. The smallest absolute Gasteiger partial charge is 0.406 e. The zero-order chi connectivity index (χ0) is 21.1. The third-order valence-electron chi connectivity index (χ3n) is 3.67. The molecule has 1 N–H and O–H groups in total. The van der Waals surface area contributed by atoms with Crippen LogP contribution in [0, 0.1) is 5.82 Å². The number of alkyl halides is 3. The minimum atomic E-state index is -4.87. The van der Waals surface area contributed by atoms with Crippen LogP contribution < -0.4 is 9.46 Å². The number of nitrogens with zero attached hydrogens (tertiary/aromatic N) is 2. The maximum Gasteiger partial charge on any atom is 0.573 e. The summed E-state index contributed by atoms with van der Waals surface area (Å²) in [6.45, 7) is -0.181. The summed E-state index contributed by atoms with van der Waals surface area (Å²) in [7, 11) is -4.00. The summed E-state index contributed by atoms with van der Waals surface area (Å²) < 4.78 is 80.2. The molecule has 1 heterocycles. The molecule has 3 rings (SSSR count). The summed E-state index contributed by atoms with van der Waals surface area (Å²) in [5, 5.41) is 0. The number of ether oxygens (including phenoxy) is 1. The molecule has 0 aliphatic heterocycles. The highest BCUT2D eigenvalue weighted by atomic mass is 32.2. The van der Waals surface area contributed by atoms with E-state index in [-0.39, 0.29) is 11.4 Å². The molecule has 1 aromatic heterocycles. The molecule has 0 spiro atoms. The molecule has 0 unspecified atom stereocenters. The van der Waals surface area contributed by atoms with Crippen molar-refractivity contribution in [1.82, 2.24) is 14.7 Å². The van der Waals surface area contributed by atoms with Gasteiger partial charge in [-0.1, -0.05) is 0 Å². The number of sulfonamides is 1. The standard InChI is InChI=1S/C18H13F4N3O3S/c19-13-3-1-12(2-4-13)17-9-14(23-11-24-17)10-25-29(26,27)16-7-5-15(6-8-16)28-18(20,21)22/h1-9,11,25H,10H2. The maximum atomic E-state index is 13.0. The molecule has 0 bridgehead atoms. The fourth-order valence-electron chi connectivity index (χ4n) is 2.35. The molecule has 3 aromatic rings. The van der Waals surface area contributed by atoms with Gasteiger partial charge in [-0.25, -0.2) is 27.5 Å². The Balaban J connectivity index is 1.70. The lowest BCUT2D eigenvalue weighted by Crippen LogP contribution is -2.24. The van der Waals surface area contributed by atoms with Crippen molar-refractivity contribution >= 4 is 10.0 Å². The van der Waals surface area contributed by atoms with Crippen molar-refractivity contribution in [1.29, 1.82) is 0 Å². The normalized spacial score (nSPS) is 12.0. The highest BCUT2D eigenvalue weighted by molar-refractivity contribution is 7.89. The van der Waals surface area contributed by atoms with Crippen molar-refractivity contribution in [3.63, 3.8) is 0 Å². The summed E-state index contributed by atoms with van der Waals surface area (Å²) in [4.78, 5) is 7.80. The van der Waals surface area contributed by atoms with Gasteiger partial charge in [0, 0.05) is 5.56 Å². The molecule has 11 heteroatoms. The Hall–Kier alpha value is -3.05. The topological polar surface area (TPSA) is 81.2 Å². The van der Waals surface area contributed by atoms with Gasteiger partial charge in [0.25, 0.3) is 0 Å². The van der Waals surface area contributed by atoms with Crippen LogP contribution in [0.5, 0.6) is 5.75 Å². The SMILES string of the molecule is O=S(=O)(NCc1cc(-c2ccc(F)cc2)ncn1)c1ccc(OC(F)(F)F)cc1. The molecule has 0 radical (unpaired) electrons. The van der Waals surface area contributed by atoms with E-state index < -0.39 is 28.0 Å². The van der Waals surface area contributed by atoms with Gasteiger partial charge in [-0.05, 0) is 54.6 Å². The van der Waals surface area contributed by atoms with Crippen molar-refractivity contribution in [3.05, 3.63) is 72.4 Å². The fraction of sp³-hybridized carbons (Fsp3) is 0.111. The lowest BCUT2D eigenvalue weighted by atomic mass is 10.1. The number of rotatable bonds is 6. The Morgan fingerprint density at radius 2 is 1.62 bits per heavy atom. The van der Waals surface area contributed by atoms with Crippen LogP contribution in [0.25, 0.3) is 11.3 Å². The molecule has 6 nitrogen and oxygen atoms in total. The second kappa shape index (κ2) is 8.13. The van der Waals surface area contributed by atoms with Gasteiger partial charge in [-0.3, -0.25) is 0 Å². The minimum absolute atomic E-state index is 0.181. The van der Waals surface area contributed by atoms with Crippen LogP contribution in [0.1, 0.15) is 5.69 Å². The van der Waals surface area contributed by atoms with Crippen molar-refractivity contribution in [2.24, 2.45) is 0 Å². The summed E-state index contributed by atoms with van der Waals surface area (Å²) in [6, 6.07) is 10.9. The van der Waals surface area contributed by atoms with E-state index in [0.717, 1.165) is 24.3 Å². The Labute approximate surface area is 163 Å². The van der Waals surface area contributed by atoms with Crippen molar-refractivity contribution in [3.8, 4) is 17.0 Å². The van der Waals surface area contributed by atoms with E-state index in [4.69, 9.17) is 0 Å². The van der Waals surface area contributed by atoms with Gasteiger partial charge in [-0.2, -0.15) is 0 Å². The molecule has 152 valence electrons. The lowest BCUT2D eigenvalue weighted by molar-refractivity contribution is -0.274. The summed E-state index contributed by atoms with van der Waals surface area (Å²) >= 11 is 0. The molecule has 0 fully saturated rings. The van der Waals surface area contributed by atoms with Crippen LogP contribution in [0.3, 0.4) is 0 Å². The first-order valence-corrected chi connectivity index (χ1v) is 9.53. The van der Waals surface area contributed by atoms with Gasteiger partial charge in [0.05, 0.1) is 22.8 Å². The van der Waals surface area contributed by atoms with Gasteiger partial charge >= 0.3 is 6.36 Å². The van der Waals surface area contributed by atoms with Crippen LogP contribution in [-0.2, 0) is 16.6 Å². The van der Waals surface area contributed by atoms with E-state index in [1.54, 1.807) is 0 Å². The number of aromatic nitrogens is 2. The summed E-state index contributed by atoms with van der Waals surface area (Å²) in [5.41, 5.74) is 1.45. The van der Waals surface area contributed by atoms with Gasteiger partial charge < -0.3 is 4.74 Å². The minimum Gasteiger partial charge on any atom is -0.406 e. The summed E-state index contributed by atoms with van der Waals surface area (Å²) in [5.74, 6) is -0.932. The first-order chi connectivity index (χ1) is 13.6. The molecule has 0 saturated carbocycles. The lowest BCUT2D eigenvalue weighted by Gasteiger charge is -2.10. The van der Waals surface area contributed by atoms with Crippen LogP contribution in [0.4, 0.5) is 17.6 Å². The molecule has 2 aromatic carbocycles. The Morgan fingerprint density at radius 1 is 0.966 bits per heavy atom. The second-order valence-corrected chi connectivity index (χ2v) is 7.51. The van der Waals surface area contributed by atoms with Gasteiger partial charge in [-0.15, -0.1) is 13.2 Å². The molecule has 0 aliphatic rings. The van der Waals surface area contributed by atoms with E-state index in [0.29, 0.717) is 17.0 Å². The van der Waals surface area contributed by atoms with Gasteiger partial charge in [0.15, 0.2) is 0 Å². The molecule has 0 aliphatic carbocycles. The molecule has 0 saturated heterocycles. The highest BCUT2D eigenvalue weighted by Gasteiger charge is 2.31. The number of halogens is 4. The Morgan fingerprint density at radius 3 is 2.24 bits per heavy atom. The average molecular weight is 427 g/mol. The fourth-order valence-corrected chi connectivity index (χ4v) is 3.34. The predicted octanol–water partition coefficient (Wildman–Crippen LogP) is 3.66. The highest BCUT2D eigenvalue weighted by Crippen LogP contribution is 2.24. The van der Waals surface area contributed by atoms with Crippen LogP contribution in [0.15, 0.2) is 65.8 Å². The van der Waals surface area contributed by atoms with Crippen LogP contribution in [-0.4, -0.2) is 24.7 Å². The molecule has 29 heavy (non-hydrogen) atoms. The first kappa shape index (κ1) is 20.7. The quantitative estimate of drug-likeness (QED) is 0.608. The molecule has 0 amide bonds. The van der Waals surface area contributed by atoms with E-state index in [9.17, 15) is 26.0 Å². The Bertz CT molecular complexity index is 1090. The second-order valence-electron chi connectivity index (χ2n) is 5.75. The Kier molecular flexibility index (Phi) is 5.80. The van der Waals surface area contributed by atoms with Crippen molar-refractivity contribution in [2.75, 3.05) is 0 Å². The molecule has 0 atom stereocenters. The van der Waals surface area contributed by atoms with Crippen molar-refractivity contribution < 1.29 is 30.7 Å². The van der Waals surface area contributed by atoms with E-state index in [2.05, 4.69) is 19.4 Å². The largest absolute Gasteiger partial charge is 0.573 e. The number of nitrogens with one attached hydrogen (secondary N) is 1. The summed E-state index contributed by atoms with van der Waals surface area (Å²) in [6.07, 6.45) is -3.63. The van der Waals surface area contributed by atoms with E-state index >= 15 is 0 Å². The van der Waals surface area contributed by atoms with E-state index in [1.807, 2.05) is 0 Å². The van der Waals surface area contributed by atoms with Crippen molar-refractivity contribution in [2.45, 2.75) is 17.8 Å². The predicted molar refractivity (Wildman–Crippen MR) is 94.6 cm³/mol. The third-order valence-corrected chi connectivity index (χ3v) is 5.09. The van der Waals surface area contributed by atoms with Gasteiger partial charge in [0.2, 0.25) is 10.0 Å². The van der Waals surface area contributed by atoms with Gasteiger partial charge in [0.1, 0.15) is 17.9 Å². The van der Waals surface area contributed by atoms with Crippen LogP contribution in [0.2, 0.25) is 0 Å². The number of hydrogen-bond donors (Lipinski definition) is 1. The number of benzene rings is 2. The zero-order valence-corrected chi connectivity index (χ0v) is 15.3.